The molecule has 0 bridgehead atoms. The summed E-state index contributed by atoms with van der Waals surface area (Å²) in [6.07, 6.45) is 0.268. The molecule has 110 valence electrons. The van der Waals surface area contributed by atoms with Crippen LogP contribution < -0.4 is 5.73 Å². The minimum Gasteiger partial charge on any atom is -0.469 e. The lowest BCUT2D eigenvalue weighted by Crippen LogP contribution is -2.12. The van der Waals surface area contributed by atoms with E-state index in [0.29, 0.717) is 16.6 Å². The number of aromatic amines is 1. The zero-order valence-electron chi connectivity index (χ0n) is 11.4. The van der Waals surface area contributed by atoms with Crippen LogP contribution in [-0.4, -0.2) is 34.9 Å². The fourth-order valence-corrected chi connectivity index (χ4v) is 3.32. The predicted octanol–water partition coefficient (Wildman–Crippen LogP) is 2.31. The molecule has 3 rings (SSSR count). The first kappa shape index (κ1) is 13.9. The second-order valence-corrected chi connectivity index (χ2v) is 5.83. The number of hydrogen-bond donors (Lipinski definition) is 2. The van der Waals surface area contributed by atoms with Gasteiger partial charge in [0.25, 0.3) is 0 Å². The molecule has 21 heavy (non-hydrogen) atoms. The highest BCUT2D eigenvalue weighted by atomic mass is 32.2. The van der Waals surface area contributed by atoms with Gasteiger partial charge in [-0.1, -0.05) is 0 Å². The highest BCUT2D eigenvalue weighted by Crippen LogP contribution is 2.29. The summed E-state index contributed by atoms with van der Waals surface area (Å²) < 4.78 is 18.0. The Morgan fingerprint density at radius 1 is 1.57 bits per heavy atom. The van der Waals surface area contributed by atoms with E-state index in [4.69, 9.17) is 5.73 Å². The van der Waals surface area contributed by atoms with Gasteiger partial charge in [-0.05, 0) is 18.2 Å². The van der Waals surface area contributed by atoms with Gasteiger partial charge in [-0.15, -0.1) is 11.8 Å². The van der Waals surface area contributed by atoms with Crippen molar-refractivity contribution in [3.8, 4) is 0 Å². The van der Waals surface area contributed by atoms with E-state index in [2.05, 4.69) is 14.7 Å². The standard InChI is InChI=1S/C14H14FN3O2S/c1-20-12(19)5-9-6-21-14(17-9)11-3-7-2-8(15)4-10(16)13(7)18-11/h2-4,9,18H,5-6,16H2,1H3. The monoisotopic (exact) mass is 307 g/mol. The lowest BCUT2D eigenvalue weighted by Gasteiger charge is -2.02. The number of thioether (sulfide) groups is 1. The number of fused-ring (bicyclic) bond motifs is 1. The molecule has 0 saturated carbocycles. The Morgan fingerprint density at radius 3 is 3.14 bits per heavy atom. The van der Waals surface area contributed by atoms with Crippen LogP contribution in [0.2, 0.25) is 0 Å². The number of nitrogens with one attached hydrogen (secondary N) is 1. The summed E-state index contributed by atoms with van der Waals surface area (Å²) >= 11 is 1.56. The molecule has 2 aromatic rings. The first-order chi connectivity index (χ1) is 10.1. The number of aliphatic imine (C=N–C) groups is 1. The fourth-order valence-electron chi connectivity index (χ4n) is 2.29. The fraction of sp³-hybridized carbons (Fsp3) is 0.286. The Bertz CT molecular complexity index is 741. The zero-order valence-corrected chi connectivity index (χ0v) is 12.2. The number of nitrogen functional groups attached to an aromatic ring is 1. The van der Waals surface area contributed by atoms with Crippen LogP contribution in [0.3, 0.4) is 0 Å². The van der Waals surface area contributed by atoms with Crippen molar-refractivity contribution in [2.75, 3.05) is 18.6 Å². The number of H-pyrrole nitrogens is 1. The van der Waals surface area contributed by atoms with Crippen LogP contribution in [0.4, 0.5) is 10.1 Å². The molecule has 1 aromatic carbocycles. The third-order valence-electron chi connectivity index (χ3n) is 3.30. The van der Waals surface area contributed by atoms with Crippen molar-refractivity contribution in [3.63, 3.8) is 0 Å². The third-order valence-corrected chi connectivity index (χ3v) is 4.45. The van der Waals surface area contributed by atoms with Gasteiger partial charge in [-0.2, -0.15) is 0 Å². The minimum atomic E-state index is -0.366. The maximum atomic E-state index is 13.3. The molecule has 0 saturated heterocycles. The third kappa shape index (κ3) is 2.73. The molecule has 1 aliphatic heterocycles. The van der Waals surface area contributed by atoms with Gasteiger partial charge in [0.15, 0.2) is 0 Å². The number of rotatable bonds is 3. The van der Waals surface area contributed by atoms with Crippen molar-refractivity contribution in [2.45, 2.75) is 12.5 Å². The molecule has 0 fully saturated rings. The molecule has 2 heterocycles. The van der Waals surface area contributed by atoms with Crippen LogP contribution in [-0.2, 0) is 9.53 Å². The predicted molar refractivity (Wildman–Crippen MR) is 82.1 cm³/mol. The number of aromatic nitrogens is 1. The second kappa shape index (κ2) is 5.40. The molecule has 7 heteroatoms. The number of halogens is 1. The number of carbonyl (C=O) groups excluding carboxylic acids is 1. The maximum absolute atomic E-state index is 13.3. The molecule has 0 radical (unpaired) electrons. The van der Waals surface area contributed by atoms with E-state index in [0.717, 1.165) is 16.5 Å². The first-order valence-electron chi connectivity index (χ1n) is 6.42. The number of nitrogens with zero attached hydrogens (tertiary/aromatic N) is 1. The van der Waals surface area contributed by atoms with Gasteiger partial charge in [0.05, 0.1) is 36.5 Å². The zero-order chi connectivity index (χ0) is 15.0. The van der Waals surface area contributed by atoms with Gasteiger partial charge in [-0.3, -0.25) is 9.79 Å². The van der Waals surface area contributed by atoms with Crippen molar-refractivity contribution in [1.82, 2.24) is 4.98 Å². The Balaban J connectivity index is 1.89. The first-order valence-corrected chi connectivity index (χ1v) is 7.41. The molecular formula is C14H14FN3O2S. The van der Waals surface area contributed by atoms with Crippen molar-refractivity contribution in [2.24, 2.45) is 4.99 Å². The quantitative estimate of drug-likeness (QED) is 0.673. The highest BCUT2D eigenvalue weighted by Gasteiger charge is 2.23. The smallest absolute Gasteiger partial charge is 0.307 e. The maximum Gasteiger partial charge on any atom is 0.307 e. The molecule has 1 aliphatic rings. The number of nitrogens with two attached hydrogens (primary N) is 1. The molecule has 5 nitrogen and oxygen atoms in total. The van der Waals surface area contributed by atoms with E-state index in [1.807, 2.05) is 6.07 Å². The number of esters is 1. The normalized spacial score (nSPS) is 18.0. The lowest BCUT2D eigenvalue weighted by atomic mass is 10.2. The Hall–Kier alpha value is -2.02. The van der Waals surface area contributed by atoms with E-state index in [9.17, 15) is 9.18 Å². The Labute approximate surface area is 124 Å². The van der Waals surface area contributed by atoms with Crippen molar-refractivity contribution < 1.29 is 13.9 Å². The SMILES string of the molecule is COC(=O)CC1CSC(c2cc3cc(F)cc(N)c3[nH]2)=N1. The van der Waals surface area contributed by atoms with E-state index in [1.165, 1.54) is 19.2 Å². The number of hydrogen-bond acceptors (Lipinski definition) is 5. The van der Waals surface area contributed by atoms with Crippen LogP contribution in [0.15, 0.2) is 23.2 Å². The molecule has 1 aromatic heterocycles. The van der Waals surface area contributed by atoms with Gasteiger partial charge in [0.1, 0.15) is 10.9 Å². The summed E-state index contributed by atoms with van der Waals surface area (Å²) in [4.78, 5) is 18.9. The highest BCUT2D eigenvalue weighted by molar-refractivity contribution is 8.14. The van der Waals surface area contributed by atoms with Crippen molar-refractivity contribution >= 4 is 39.4 Å². The summed E-state index contributed by atoms with van der Waals surface area (Å²) in [5, 5.41) is 1.52. The van der Waals surface area contributed by atoms with Crippen LogP contribution in [0.5, 0.6) is 0 Å². The summed E-state index contributed by atoms with van der Waals surface area (Å²) in [7, 11) is 1.37. The summed E-state index contributed by atoms with van der Waals surface area (Å²) in [5.41, 5.74) is 7.66. The molecule has 0 amide bonds. The average molecular weight is 307 g/mol. The molecule has 3 N–H and O–H groups in total. The molecule has 1 unspecified atom stereocenters. The van der Waals surface area contributed by atoms with Gasteiger partial charge in [0.2, 0.25) is 0 Å². The second-order valence-electron chi connectivity index (χ2n) is 4.82. The summed E-state index contributed by atoms with van der Waals surface area (Å²) in [6, 6.07) is 4.45. The Kier molecular flexibility index (Phi) is 3.59. The van der Waals surface area contributed by atoms with Gasteiger partial charge < -0.3 is 15.5 Å². The number of ether oxygens (including phenoxy) is 1. The van der Waals surface area contributed by atoms with Crippen molar-refractivity contribution in [1.29, 1.82) is 0 Å². The molecule has 0 aliphatic carbocycles. The molecule has 1 atom stereocenters. The van der Waals surface area contributed by atoms with E-state index in [1.54, 1.807) is 11.8 Å². The van der Waals surface area contributed by atoms with Crippen LogP contribution in [0.25, 0.3) is 10.9 Å². The summed E-state index contributed by atoms with van der Waals surface area (Å²) in [5.74, 6) is 0.0904. The van der Waals surface area contributed by atoms with Gasteiger partial charge in [0, 0.05) is 11.1 Å². The lowest BCUT2D eigenvalue weighted by molar-refractivity contribution is -0.140. The minimum absolute atomic E-state index is 0.0852. The molecule has 0 spiro atoms. The average Bonchev–Trinajstić information content (AvgIpc) is 3.04. The number of carbonyl (C=O) groups is 1. The summed E-state index contributed by atoms with van der Waals surface area (Å²) in [6.45, 7) is 0. The topological polar surface area (TPSA) is 80.5 Å². The van der Waals surface area contributed by atoms with Crippen LogP contribution in [0, 0.1) is 5.82 Å². The van der Waals surface area contributed by atoms with Crippen molar-refractivity contribution in [3.05, 3.63) is 29.7 Å². The number of methoxy groups -OCH3 is 1. The number of anilines is 1. The van der Waals surface area contributed by atoms with Gasteiger partial charge >= 0.3 is 5.97 Å². The van der Waals surface area contributed by atoms with E-state index in [-0.39, 0.29) is 24.2 Å². The largest absolute Gasteiger partial charge is 0.469 e. The van der Waals surface area contributed by atoms with E-state index < -0.39 is 0 Å². The molecular weight excluding hydrogens is 293 g/mol. The van der Waals surface area contributed by atoms with Crippen LogP contribution >= 0.6 is 11.8 Å². The van der Waals surface area contributed by atoms with E-state index >= 15 is 0 Å². The van der Waals surface area contributed by atoms with Crippen LogP contribution in [0.1, 0.15) is 12.1 Å². The number of benzene rings is 1. The van der Waals surface area contributed by atoms with Gasteiger partial charge in [-0.25, -0.2) is 4.39 Å². The Morgan fingerprint density at radius 2 is 2.38 bits per heavy atom.